The Morgan fingerprint density at radius 2 is 2.29 bits per heavy atom. The van der Waals surface area contributed by atoms with E-state index >= 15 is 0 Å². The van der Waals surface area contributed by atoms with Gasteiger partial charge in [0, 0.05) is 16.6 Å². The zero-order valence-corrected chi connectivity index (χ0v) is 12.0. The van der Waals surface area contributed by atoms with Crippen molar-refractivity contribution in [1.82, 2.24) is 5.32 Å². The number of hydrogen-bond acceptors (Lipinski definition) is 1. The summed E-state index contributed by atoms with van der Waals surface area (Å²) in [5.41, 5.74) is 3.07. The SMILES string of the molecule is CCCC1CC1NC1CCc2cc(Br)ccc21. The fraction of sp³-hybridized carbons (Fsp3) is 0.600. The number of benzene rings is 1. The first kappa shape index (κ1) is 11.7. The van der Waals surface area contributed by atoms with E-state index in [4.69, 9.17) is 0 Å². The van der Waals surface area contributed by atoms with E-state index < -0.39 is 0 Å². The third-order valence-electron chi connectivity index (χ3n) is 4.18. The van der Waals surface area contributed by atoms with Gasteiger partial charge in [0.1, 0.15) is 0 Å². The first-order chi connectivity index (χ1) is 8.28. The molecule has 0 amide bonds. The summed E-state index contributed by atoms with van der Waals surface area (Å²) in [4.78, 5) is 0. The monoisotopic (exact) mass is 293 g/mol. The molecule has 3 rings (SSSR count). The summed E-state index contributed by atoms with van der Waals surface area (Å²) in [6, 6.07) is 8.17. The third-order valence-corrected chi connectivity index (χ3v) is 4.67. The maximum atomic E-state index is 3.85. The molecule has 0 aromatic heterocycles. The van der Waals surface area contributed by atoms with Crippen molar-refractivity contribution in [2.24, 2.45) is 5.92 Å². The van der Waals surface area contributed by atoms with Gasteiger partial charge in [-0.2, -0.15) is 0 Å². The molecule has 1 nitrogen and oxygen atoms in total. The van der Waals surface area contributed by atoms with Crippen molar-refractivity contribution < 1.29 is 0 Å². The number of halogens is 1. The Hall–Kier alpha value is -0.340. The quantitative estimate of drug-likeness (QED) is 0.877. The molecule has 1 aromatic carbocycles. The molecule has 1 N–H and O–H groups in total. The minimum absolute atomic E-state index is 0.616. The van der Waals surface area contributed by atoms with E-state index in [1.165, 1.54) is 47.7 Å². The highest BCUT2D eigenvalue weighted by Gasteiger charge is 2.38. The fourth-order valence-electron chi connectivity index (χ4n) is 3.16. The normalized spacial score (nSPS) is 30.4. The summed E-state index contributed by atoms with van der Waals surface area (Å²) < 4.78 is 1.21. The predicted octanol–water partition coefficient (Wildman–Crippen LogP) is 4.21. The van der Waals surface area contributed by atoms with E-state index in [0.717, 1.165) is 12.0 Å². The molecule has 0 bridgehead atoms. The molecule has 0 spiro atoms. The van der Waals surface area contributed by atoms with Gasteiger partial charge in [-0.05, 0) is 54.9 Å². The van der Waals surface area contributed by atoms with E-state index in [-0.39, 0.29) is 0 Å². The topological polar surface area (TPSA) is 12.0 Å². The van der Waals surface area contributed by atoms with Crippen LogP contribution in [0.25, 0.3) is 0 Å². The van der Waals surface area contributed by atoms with E-state index in [2.05, 4.69) is 46.4 Å². The average molecular weight is 294 g/mol. The molecule has 0 aliphatic heterocycles. The molecule has 17 heavy (non-hydrogen) atoms. The van der Waals surface area contributed by atoms with Crippen molar-refractivity contribution in [2.45, 2.75) is 51.1 Å². The molecule has 2 aliphatic carbocycles. The number of aryl methyl sites for hydroxylation is 1. The van der Waals surface area contributed by atoms with E-state index in [0.29, 0.717) is 6.04 Å². The summed E-state index contributed by atoms with van der Waals surface area (Å²) in [5, 5.41) is 3.85. The summed E-state index contributed by atoms with van der Waals surface area (Å²) in [5.74, 6) is 0.958. The lowest BCUT2D eigenvalue weighted by molar-refractivity contribution is 0.498. The summed E-state index contributed by atoms with van der Waals surface area (Å²) in [7, 11) is 0. The van der Waals surface area contributed by atoms with Gasteiger partial charge < -0.3 is 5.32 Å². The molecule has 1 fully saturated rings. The Labute approximate surface area is 112 Å². The number of rotatable bonds is 4. The van der Waals surface area contributed by atoms with Crippen LogP contribution in [-0.4, -0.2) is 6.04 Å². The molecule has 3 unspecified atom stereocenters. The smallest absolute Gasteiger partial charge is 0.0328 e. The molecule has 1 aromatic rings. The van der Waals surface area contributed by atoms with Gasteiger partial charge in [0.15, 0.2) is 0 Å². The predicted molar refractivity (Wildman–Crippen MR) is 75.1 cm³/mol. The molecule has 2 heteroatoms. The van der Waals surface area contributed by atoms with Crippen LogP contribution in [0.3, 0.4) is 0 Å². The largest absolute Gasteiger partial charge is 0.307 e. The minimum atomic E-state index is 0.616. The zero-order chi connectivity index (χ0) is 11.8. The second kappa shape index (κ2) is 4.74. The van der Waals surface area contributed by atoms with Crippen molar-refractivity contribution >= 4 is 15.9 Å². The van der Waals surface area contributed by atoms with Gasteiger partial charge in [0.2, 0.25) is 0 Å². The fourth-order valence-corrected chi connectivity index (χ4v) is 3.57. The van der Waals surface area contributed by atoms with Crippen LogP contribution in [-0.2, 0) is 6.42 Å². The van der Waals surface area contributed by atoms with Crippen LogP contribution in [0.2, 0.25) is 0 Å². The molecule has 92 valence electrons. The van der Waals surface area contributed by atoms with Crippen molar-refractivity contribution in [3.63, 3.8) is 0 Å². The molecule has 2 aliphatic rings. The highest BCUT2D eigenvalue weighted by molar-refractivity contribution is 9.10. The van der Waals surface area contributed by atoms with Gasteiger partial charge in [-0.3, -0.25) is 0 Å². The van der Waals surface area contributed by atoms with Crippen molar-refractivity contribution in [1.29, 1.82) is 0 Å². The van der Waals surface area contributed by atoms with Crippen LogP contribution >= 0.6 is 15.9 Å². The molecule has 1 saturated carbocycles. The Balaban J connectivity index is 1.64. The molecule has 0 heterocycles. The second-order valence-electron chi connectivity index (χ2n) is 5.49. The molecule has 0 radical (unpaired) electrons. The lowest BCUT2D eigenvalue weighted by atomic mass is 10.1. The van der Waals surface area contributed by atoms with Gasteiger partial charge in [0.05, 0.1) is 0 Å². The highest BCUT2D eigenvalue weighted by Crippen LogP contribution is 2.40. The standard InChI is InChI=1S/C15H20BrN/c1-2-3-11-9-15(11)17-14-7-4-10-8-12(16)5-6-13(10)14/h5-6,8,11,14-15,17H,2-4,7,9H2,1H3. The van der Waals surface area contributed by atoms with Gasteiger partial charge >= 0.3 is 0 Å². The molecule has 3 atom stereocenters. The number of fused-ring (bicyclic) bond motifs is 1. The minimum Gasteiger partial charge on any atom is -0.307 e. The second-order valence-corrected chi connectivity index (χ2v) is 6.41. The Kier molecular flexibility index (Phi) is 3.27. The van der Waals surface area contributed by atoms with E-state index in [9.17, 15) is 0 Å². The zero-order valence-electron chi connectivity index (χ0n) is 10.4. The summed E-state index contributed by atoms with van der Waals surface area (Å²) >= 11 is 3.56. The van der Waals surface area contributed by atoms with Gasteiger partial charge in [-0.1, -0.05) is 35.3 Å². The maximum absolute atomic E-state index is 3.85. The van der Waals surface area contributed by atoms with Crippen molar-refractivity contribution in [3.8, 4) is 0 Å². The van der Waals surface area contributed by atoms with Gasteiger partial charge in [0.25, 0.3) is 0 Å². The summed E-state index contributed by atoms with van der Waals surface area (Å²) in [6.45, 7) is 2.29. The van der Waals surface area contributed by atoms with E-state index in [1.807, 2.05) is 0 Å². The highest BCUT2D eigenvalue weighted by atomic mass is 79.9. The Morgan fingerprint density at radius 1 is 1.41 bits per heavy atom. The number of nitrogens with one attached hydrogen (secondary N) is 1. The van der Waals surface area contributed by atoms with Crippen LogP contribution < -0.4 is 5.32 Å². The Bertz CT molecular complexity index is 415. The van der Waals surface area contributed by atoms with Gasteiger partial charge in [-0.25, -0.2) is 0 Å². The van der Waals surface area contributed by atoms with Crippen molar-refractivity contribution in [2.75, 3.05) is 0 Å². The van der Waals surface area contributed by atoms with Crippen LogP contribution in [0.1, 0.15) is 49.8 Å². The first-order valence-corrected chi connectivity index (χ1v) is 7.61. The summed E-state index contributed by atoms with van der Waals surface area (Å²) in [6.07, 6.45) is 6.64. The lowest BCUT2D eigenvalue weighted by Gasteiger charge is -2.14. The first-order valence-electron chi connectivity index (χ1n) is 6.82. The van der Waals surface area contributed by atoms with Crippen LogP contribution in [0.15, 0.2) is 22.7 Å². The molecular formula is C15H20BrN. The maximum Gasteiger partial charge on any atom is 0.0328 e. The van der Waals surface area contributed by atoms with Crippen LogP contribution in [0, 0.1) is 5.92 Å². The third kappa shape index (κ3) is 2.43. The average Bonchev–Trinajstić information content (AvgIpc) is 2.91. The lowest BCUT2D eigenvalue weighted by Crippen LogP contribution is -2.22. The molecule has 0 saturated heterocycles. The number of hydrogen-bond donors (Lipinski definition) is 1. The molecular weight excluding hydrogens is 274 g/mol. The van der Waals surface area contributed by atoms with Crippen LogP contribution in [0.4, 0.5) is 0 Å². The van der Waals surface area contributed by atoms with E-state index in [1.54, 1.807) is 0 Å². The van der Waals surface area contributed by atoms with Crippen molar-refractivity contribution in [3.05, 3.63) is 33.8 Å². The van der Waals surface area contributed by atoms with Crippen LogP contribution in [0.5, 0.6) is 0 Å². The van der Waals surface area contributed by atoms with Gasteiger partial charge in [-0.15, -0.1) is 0 Å². The Morgan fingerprint density at radius 3 is 3.12 bits per heavy atom.